The normalized spacial score (nSPS) is 11.3. The minimum absolute atomic E-state index is 0.548. The number of nitrogens with one attached hydrogen (secondary N) is 1. The molecule has 1 rings (SSSR count). The molecule has 0 aliphatic heterocycles. The average molecular weight is 264 g/mol. The lowest BCUT2D eigenvalue weighted by Gasteiger charge is -2.25. The summed E-state index contributed by atoms with van der Waals surface area (Å²) in [5.41, 5.74) is 1.05. The number of rotatable bonds is 9. The zero-order valence-electron chi connectivity index (χ0n) is 12.8. The molecule has 1 heterocycles. The van der Waals surface area contributed by atoms with Crippen LogP contribution in [0.2, 0.25) is 0 Å². The van der Waals surface area contributed by atoms with Crippen LogP contribution < -0.4 is 5.32 Å². The van der Waals surface area contributed by atoms with Gasteiger partial charge in [-0.2, -0.15) is 0 Å². The van der Waals surface area contributed by atoms with Gasteiger partial charge in [-0.3, -0.25) is 9.88 Å². The fourth-order valence-electron chi connectivity index (χ4n) is 2.00. The molecule has 0 aliphatic carbocycles. The second-order valence-electron chi connectivity index (χ2n) is 5.19. The van der Waals surface area contributed by atoms with Crippen LogP contribution in [-0.2, 0) is 6.54 Å². The molecule has 0 saturated carbocycles. The van der Waals surface area contributed by atoms with Crippen LogP contribution in [0.3, 0.4) is 0 Å². The van der Waals surface area contributed by atoms with E-state index in [1.807, 2.05) is 12.4 Å². The van der Waals surface area contributed by atoms with Crippen LogP contribution in [0.15, 0.2) is 12.4 Å². The van der Waals surface area contributed by atoms with Crippen LogP contribution in [0.4, 0.5) is 5.82 Å². The van der Waals surface area contributed by atoms with Gasteiger partial charge in [-0.05, 0) is 33.7 Å². The van der Waals surface area contributed by atoms with E-state index >= 15 is 0 Å². The van der Waals surface area contributed by atoms with E-state index in [1.54, 1.807) is 0 Å². The molecular formula is C15H28N4. The van der Waals surface area contributed by atoms with Crippen molar-refractivity contribution in [2.24, 2.45) is 0 Å². The van der Waals surface area contributed by atoms with Crippen LogP contribution in [0.1, 0.15) is 52.7 Å². The molecule has 1 aromatic rings. The van der Waals surface area contributed by atoms with Gasteiger partial charge in [0.2, 0.25) is 0 Å². The van der Waals surface area contributed by atoms with Crippen molar-refractivity contribution in [3.63, 3.8) is 0 Å². The molecule has 0 fully saturated rings. The zero-order chi connectivity index (χ0) is 14.1. The lowest BCUT2D eigenvalue weighted by molar-refractivity contribution is 0.206. The van der Waals surface area contributed by atoms with Gasteiger partial charge in [-0.15, -0.1) is 0 Å². The third-order valence-electron chi connectivity index (χ3n) is 3.21. The highest BCUT2D eigenvalue weighted by Gasteiger charge is 2.10. The van der Waals surface area contributed by atoms with Crippen molar-refractivity contribution < 1.29 is 0 Å². The van der Waals surface area contributed by atoms with Gasteiger partial charge in [0.1, 0.15) is 5.82 Å². The van der Waals surface area contributed by atoms with Crippen LogP contribution in [0, 0.1) is 0 Å². The van der Waals surface area contributed by atoms with Gasteiger partial charge in [-0.1, -0.05) is 19.8 Å². The molecule has 0 saturated heterocycles. The molecule has 4 heteroatoms. The van der Waals surface area contributed by atoms with Crippen LogP contribution >= 0.6 is 0 Å². The number of hydrogen-bond donors (Lipinski definition) is 1. The lowest BCUT2D eigenvalue weighted by Crippen LogP contribution is -2.31. The second-order valence-corrected chi connectivity index (χ2v) is 5.19. The molecule has 0 spiro atoms. The lowest BCUT2D eigenvalue weighted by atomic mass is 10.2. The second kappa shape index (κ2) is 8.86. The van der Waals surface area contributed by atoms with Crippen molar-refractivity contribution >= 4 is 5.82 Å². The van der Waals surface area contributed by atoms with Crippen LogP contribution in [0.5, 0.6) is 0 Å². The predicted octanol–water partition coefficient (Wildman–Crippen LogP) is 3.31. The van der Waals surface area contributed by atoms with Crippen molar-refractivity contribution in [3.8, 4) is 0 Å². The van der Waals surface area contributed by atoms with Gasteiger partial charge in [0, 0.05) is 19.1 Å². The van der Waals surface area contributed by atoms with E-state index in [2.05, 4.69) is 47.9 Å². The monoisotopic (exact) mass is 264 g/mol. The molecule has 0 aliphatic rings. The first kappa shape index (κ1) is 15.9. The van der Waals surface area contributed by atoms with E-state index in [4.69, 9.17) is 0 Å². The quantitative estimate of drug-likeness (QED) is 0.695. The summed E-state index contributed by atoms with van der Waals surface area (Å²) in [6, 6.07) is 0.548. The Morgan fingerprint density at radius 2 is 1.95 bits per heavy atom. The fraction of sp³-hybridized carbons (Fsp3) is 0.733. The van der Waals surface area contributed by atoms with Crippen molar-refractivity contribution in [1.82, 2.24) is 14.9 Å². The first-order valence-corrected chi connectivity index (χ1v) is 7.46. The Kier molecular flexibility index (Phi) is 7.41. The molecule has 0 unspecified atom stereocenters. The van der Waals surface area contributed by atoms with Crippen molar-refractivity contribution in [1.29, 1.82) is 0 Å². The van der Waals surface area contributed by atoms with E-state index in [9.17, 15) is 0 Å². The van der Waals surface area contributed by atoms with E-state index < -0.39 is 0 Å². The van der Waals surface area contributed by atoms with Crippen LogP contribution in [0.25, 0.3) is 0 Å². The third kappa shape index (κ3) is 6.01. The average Bonchev–Trinajstić information content (AvgIpc) is 2.40. The molecule has 0 amide bonds. The fourth-order valence-corrected chi connectivity index (χ4v) is 2.00. The van der Waals surface area contributed by atoms with Gasteiger partial charge < -0.3 is 5.32 Å². The maximum atomic E-state index is 4.48. The summed E-state index contributed by atoms with van der Waals surface area (Å²) in [6.07, 6.45) is 7.53. The van der Waals surface area contributed by atoms with Gasteiger partial charge in [0.05, 0.1) is 18.1 Å². The molecule has 0 radical (unpaired) electrons. The number of aromatic nitrogens is 2. The van der Waals surface area contributed by atoms with Gasteiger partial charge in [-0.25, -0.2) is 4.98 Å². The van der Waals surface area contributed by atoms with Gasteiger partial charge in [0.15, 0.2) is 0 Å². The smallest absolute Gasteiger partial charge is 0.144 e. The summed E-state index contributed by atoms with van der Waals surface area (Å²) < 4.78 is 0. The highest BCUT2D eigenvalue weighted by Crippen LogP contribution is 2.09. The summed E-state index contributed by atoms with van der Waals surface area (Å²) in [5.74, 6) is 0.855. The zero-order valence-corrected chi connectivity index (χ0v) is 12.8. The largest absolute Gasteiger partial charge is 0.369 e. The molecular weight excluding hydrogens is 236 g/mol. The number of nitrogens with zero attached hydrogens (tertiary/aromatic N) is 3. The van der Waals surface area contributed by atoms with Crippen LogP contribution in [-0.4, -0.2) is 34.0 Å². The first-order chi connectivity index (χ1) is 9.17. The Balaban J connectivity index is 2.52. The molecule has 1 aromatic heterocycles. The topological polar surface area (TPSA) is 41.1 Å². The molecule has 0 atom stereocenters. The van der Waals surface area contributed by atoms with Gasteiger partial charge >= 0.3 is 0 Å². The SMILES string of the molecule is CCCCCN(Cc1cnc(NCC)cn1)C(C)C. The Bertz CT molecular complexity index is 335. The number of unbranched alkanes of at least 4 members (excludes halogenated alkanes) is 2. The molecule has 0 aromatic carbocycles. The van der Waals surface area contributed by atoms with Crippen molar-refractivity contribution in [3.05, 3.63) is 18.1 Å². The predicted molar refractivity (Wildman–Crippen MR) is 81.3 cm³/mol. The number of anilines is 1. The Morgan fingerprint density at radius 1 is 1.16 bits per heavy atom. The van der Waals surface area contributed by atoms with Gasteiger partial charge in [0.25, 0.3) is 0 Å². The Morgan fingerprint density at radius 3 is 2.47 bits per heavy atom. The van der Waals surface area contributed by atoms with E-state index in [0.29, 0.717) is 6.04 Å². The Labute approximate surface area is 117 Å². The summed E-state index contributed by atoms with van der Waals surface area (Å²) >= 11 is 0. The maximum absolute atomic E-state index is 4.48. The molecule has 0 bridgehead atoms. The molecule has 1 N–H and O–H groups in total. The van der Waals surface area contributed by atoms with Crippen molar-refractivity contribution in [2.75, 3.05) is 18.4 Å². The summed E-state index contributed by atoms with van der Waals surface area (Å²) in [6.45, 7) is 11.7. The minimum Gasteiger partial charge on any atom is -0.369 e. The van der Waals surface area contributed by atoms with Crippen molar-refractivity contribution in [2.45, 2.75) is 59.5 Å². The summed E-state index contributed by atoms with van der Waals surface area (Å²) in [4.78, 5) is 11.3. The molecule has 19 heavy (non-hydrogen) atoms. The summed E-state index contributed by atoms with van der Waals surface area (Å²) in [7, 11) is 0. The van der Waals surface area contributed by atoms with E-state index in [0.717, 1.165) is 31.1 Å². The van der Waals surface area contributed by atoms with E-state index in [-0.39, 0.29) is 0 Å². The summed E-state index contributed by atoms with van der Waals surface area (Å²) in [5, 5.41) is 3.17. The maximum Gasteiger partial charge on any atom is 0.144 e. The van der Waals surface area contributed by atoms with E-state index in [1.165, 1.54) is 19.3 Å². The highest BCUT2D eigenvalue weighted by atomic mass is 15.2. The standard InChI is InChI=1S/C15H28N4/c1-5-7-8-9-19(13(3)4)12-14-10-18-15(11-17-14)16-6-2/h10-11,13H,5-9,12H2,1-4H3,(H,16,18). The number of hydrogen-bond acceptors (Lipinski definition) is 4. The Hall–Kier alpha value is -1.16. The first-order valence-electron chi connectivity index (χ1n) is 7.46. The third-order valence-corrected chi connectivity index (χ3v) is 3.21. The molecule has 108 valence electrons. The highest BCUT2D eigenvalue weighted by molar-refractivity contribution is 5.30. The molecule has 4 nitrogen and oxygen atoms in total. The minimum atomic E-state index is 0.548.